The minimum atomic E-state index is -0.379. The molecule has 1 aliphatic heterocycles. The Hall–Kier alpha value is -1.69. The van der Waals surface area contributed by atoms with E-state index in [1.807, 2.05) is 4.90 Å². The lowest BCUT2D eigenvalue weighted by Gasteiger charge is -2.33. The van der Waals surface area contributed by atoms with Crippen LogP contribution in [0.1, 0.15) is 25.3 Å². The third-order valence-corrected chi connectivity index (χ3v) is 3.70. The Bertz CT molecular complexity index is 468. The van der Waals surface area contributed by atoms with Crippen LogP contribution in [0.5, 0.6) is 0 Å². The molecule has 6 nitrogen and oxygen atoms in total. The molecule has 0 radical (unpaired) electrons. The molecule has 6 heteroatoms. The van der Waals surface area contributed by atoms with Gasteiger partial charge < -0.3 is 10.0 Å². The van der Waals surface area contributed by atoms with E-state index in [4.69, 9.17) is 0 Å². The van der Waals surface area contributed by atoms with Crippen LogP contribution in [-0.4, -0.2) is 34.2 Å². The van der Waals surface area contributed by atoms with Crippen LogP contribution in [0.3, 0.4) is 0 Å². The molecule has 0 spiro atoms. The summed E-state index contributed by atoms with van der Waals surface area (Å²) >= 11 is 0. The maximum atomic E-state index is 11.1. The van der Waals surface area contributed by atoms with Crippen molar-refractivity contribution in [1.82, 2.24) is 4.98 Å². The summed E-state index contributed by atoms with van der Waals surface area (Å²) < 4.78 is 0. The van der Waals surface area contributed by atoms with Gasteiger partial charge in [0.1, 0.15) is 0 Å². The molecule has 0 saturated carbocycles. The van der Waals surface area contributed by atoms with Crippen molar-refractivity contribution >= 4 is 11.5 Å². The van der Waals surface area contributed by atoms with Crippen molar-refractivity contribution in [3.63, 3.8) is 0 Å². The molecular weight excluding hydrogens is 246 g/mol. The van der Waals surface area contributed by atoms with Gasteiger partial charge in [-0.15, -0.1) is 0 Å². The minimum Gasteiger partial charge on any atom is -0.393 e. The largest absolute Gasteiger partial charge is 0.393 e. The predicted molar refractivity (Wildman–Crippen MR) is 72.2 cm³/mol. The number of aryl methyl sites for hydroxylation is 1. The van der Waals surface area contributed by atoms with Gasteiger partial charge >= 0.3 is 5.69 Å². The van der Waals surface area contributed by atoms with E-state index in [9.17, 15) is 15.2 Å². The normalized spacial score (nSPS) is 18.4. The molecule has 0 aliphatic carbocycles. The molecule has 1 fully saturated rings. The number of anilines is 1. The standard InChI is InChI=1S/C13H19N3O3/c1-9-7-12(16(18)19)13(14-8-9)15-5-3-11(4-6-15)10(2)17/h7-8,10-11,17H,3-6H2,1-2H3. The molecule has 0 bridgehead atoms. The number of pyridine rings is 1. The highest BCUT2D eigenvalue weighted by molar-refractivity contribution is 5.58. The van der Waals surface area contributed by atoms with Gasteiger partial charge in [-0.05, 0) is 38.2 Å². The molecular formula is C13H19N3O3. The highest BCUT2D eigenvalue weighted by Gasteiger charge is 2.27. The molecule has 19 heavy (non-hydrogen) atoms. The van der Waals surface area contributed by atoms with Gasteiger partial charge in [-0.3, -0.25) is 10.1 Å². The van der Waals surface area contributed by atoms with Crippen molar-refractivity contribution in [1.29, 1.82) is 0 Å². The van der Waals surface area contributed by atoms with E-state index < -0.39 is 0 Å². The molecule has 1 saturated heterocycles. The number of aliphatic hydroxyl groups excluding tert-OH is 1. The first-order chi connectivity index (χ1) is 8.99. The van der Waals surface area contributed by atoms with Crippen LogP contribution >= 0.6 is 0 Å². The second-order valence-electron chi connectivity index (χ2n) is 5.18. The van der Waals surface area contributed by atoms with Crippen molar-refractivity contribution in [3.8, 4) is 0 Å². The molecule has 0 aromatic carbocycles. The van der Waals surface area contributed by atoms with Crippen LogP contribution in [-0.2, 0) is 0 Å². The molecule has 0 amide bonds. The Morgan fingerprint density at radius 2 is 2.16 bits per heavy atom. The Labute approximate surface area is 112 Å². The summed E-state index contributed by atoms with van der Waals surface area (Å²) in [6.07, 6.45) is 3.01. The van der Waals surface area contributed by atoms with Gasteiger partial charge in [0.25, 0.3) is 0 Å². The first-order valence-electron chi connectivity index (χ1n) is 6.53. The highest BCUT2D eigenvalue weighted by atomic mass is 16.6. The average molecular weight is 265 g/mol. The number of aromatic nitrogens is 1. The molecule has 104 valence electrons. The van der Waals surface area contributed by atoms with Crippen LogP contribution in [0.4, 0.5) is 11.5 Å². The molecule has 1 N–H and O–H groups in total. The van der Waals surface area contributed by atoms with Crippen LogP contribution < -0.4 is 4.90 Å². The Kier molecular flexibility index (Phi) is 3.99. The summed E-state index contributed by atoms with van der Waals surface area (Å²) in [5.74, 6) is 0.723. The summed E-state index contributed by atoms with van der Waals surface area (Å²) in [5, 5.41) is 20.7. The molecule has 1 unspecified atom stereocenters. The maximum Gasteiger partial charge on any atom is 0.311 e. The molecule has 1 atom stereocenters. The van der Waals surface area contributed by atoms with Gasteiger partial charge in [0, 0.05) is 25.4 Å². The Morgan fingerprint density at radius 3 is 2.68 bits per heavy atom. The third-order valence-electron chi connectivity index (χ3n) is 3.70. The van der Waals surface area contributed by atoms with Gasteiger partial charge in [-0.1, -0.05) is 0 Å². The molecule has 1 aromatic rings. The van der Waals surface area contributed by atoms with Gasteiger partial charge in [-0.2, -0.15) is 0 Å². The summed E-state index contributed by atoms with van der Waals surface area (Å²) in [7, 11) is 0. The SMILES string of the molecule is Cc1cnc(N2CCC(C(C)O)CC2)c([N+](=O)[O-])c1. The first kappa shape index (κ1) is 13.7. The van der Waals surface area contributed by atoms with E-state index in [0.717, 1.165) is 18.4 Å². The number of aliphatic hydroxyl groups is 1. The van der Waals surface area contributed by atoms with Crippen LogP contribution in [0, 0.1) is 23.0 Å². The van der Waals surface area contributed by atoms with Crippen molar-refractivity contribution in [2.24, 2.45) is 5.92 Å². The van der Waals surface area contributed by atoms with E-state index in [2.05, 4.69) is 4.98 Å². The van der Waals surface area contributed by atoms with Crippen molar-refractivity contribution in [3.05, 3.63) is 27.9 Å². The lowest BCUT2D eigenvalue weighted by molar-refractivity contribution is -0.384. The second-order valence-corrected chi connectivity index (χ2v) is 5.18. The maximum absolute atomic E-state index is 11.1. The number of hydrogen-bond donors (Lipinski definition) is 1. The van der Waals surface area contributed by atoms with Crippen LogP contribution in [0.2, 0.25) is 0 Å². The summed E-state index contributed by atoms with van der Waals surface area (Å²) in [4.78, 5) is 16.9. The average Bonchev–Trinajstić information content (AvgIpc) is 2.38. The van der Waals surface area contributed by atoms with Gasteiger partial charge in [0.15, 0.2) is 0 Å². The fourth-order valence-electron chi connectivity index (χ4n) is 2.52. The fraction of sp³-hybridized carbons (Fsp3) is 0.615. The molecule has 2 rings (SSSR count). The van der Waals surface area contributed by atoms with E-state index in [-0.39, 0.29) is 22.6 Å². The molecule has 1 aliphatic rings. The summed E-state index contributed by atoms with van der Waals surface area (Å²) in [6, 6.07) is 1.56. The predicted octanol–water partition coefficient (Wildman–Crippen LogP) is 1.90. The zero-order valence-electron chi connectivity index (χ0n) is 11.2. The zero-order chi connectivity index (χ0) is 14.0. The van der Waals surface area contributed by atoms with E-state index in [1.54, 1.807) is 26.1 Å². The van der Waals surface area contributed by atoms with Crippen LogP contribution in [0.15, 0.2) is 12.3 Å². The Morgan fingerprint density at radius 1 is 1.53 bits per heavy atom. The monoisotopic (exact) mass is 265 g/mol. The molecule has 2 heterocycles. The van der Waals surface area contributed by atoms with E-state index >= 15 is 0 Å². The van der Waals surface area contributed by atoms with Gasteiger partial charge in [0.05, 0.1) is 11.0 Å². The molecule has 1 aromatic heterocycles. The number of rotatable bonds is 3. The zero-order valence-corrected chi connectivity index (χ0v) is 11.2. The van der Waals surface area contributed by atoms with E-state index in [1.165, 1.54) is 0 Å². The van der Waals surface area contributed by atoms with E-state index in [0.29, 0.717) is 18.9 Å². The first-order valence-corrected chi connectivity index (χ1v) is 6.53. The smallest absolute Gasteiger partial charge is 0.311 e. The highest BCUT2D eigenvalue weighted by Crippen LogP contribution is 2.30. The Balaban J connectivity index is 2.17. The topological polar surface area (TPSA) is 79.5 Å². The quantitative estimate of drug-likeness (QED) is 0.667. The summed E-state index contributed by atoms with van der Waals surface area (Å²) in [5.41, 5.74) is 0.852. The second kappa shape index (κ2) is 5.52. The number of piperidine rings is 1. The summed E-state index contributed by atoms with van der Waals surface area (Å²) in [6.45, 7) is 5.00. The van der Waals surface area contributed by atoms with Gasteiger partial charge in [0.2, 0.25) is 5.82 Å². The third kappa shape index (κ3) is 3.01. The van der Waals surface area contributed by atoms with Crippen molar-refractivity contribution < 1.29 is 10.0 Å². The van der Waals surface area contributed by atoms with Crippen molar-refractivity contribution in [2.75, 3.05) is 18.0 Å². The minimum absolute atomic E-state index is 0.0653. The lowest BCUT2D eigenvalue weighted by Crippen LogP contribution is -2.37. The lowest BCUT2D eigenvalue weighted by atomic mass is 9.92. The number of hydrogen-bond acceptors (Lipinski definition) is 5. The fourth-order valence-corrected chi connectivity index (χ4v) is 2.52. The number of nitrogens with zero attached hydrogens (tertiary/aromatic N) is 3. The van der Waals surface area contributed by atoms with Crippen molar-refractivity contribution in [2.45, 2.75) is 32.8 Å². The van der Waals surface area contributed by atoms with Gasteiger partial charge in [-0.25, -0.2) is 4.98 Å². The van der Waals surface area contributed by atoms with Crippen LogP contribution in [0.25, 0.3) is 0 Å². The number of nitro groups is 1.